The Labute approximate surface area is 118 Å². The Morgan fingerprint density at radius 1 is 1.30 bits per heavy atom. The van der Waals surface area contributed by atoms with Crippen LogP contribution in [-0.4, -0.2) is 36.6 Å². The molecular weight excluding hydrogens is 258 g/mol. The summed E-state index contributed by atoms with van der Waals surface area (Å²) in [7, 11) is 1.59. The number of carboxylic acid groups (broad SMARTS) is 1. The summed E-state index contributed by atoms with van der Waals surface area (Å²) in [6.07, 6.45) is -0.235. The maximum atomic E-state index is 12.4. The van der Waals surface area contributed by atoms with E-state index in [4.69, 9.17) is 9.84 Å². The number of aryl methyl sites for hydroxylation is 2. The molecule has 0 spiro atoms. The topological polar surface area (TPSA) is 75.6 Å². The van der Waals surface area contributed by atoms with E-state index >= 15 is 0 Å². The molecule has 0 heterocycles. The van der Waals surface area contributed by atoms with Crippen molar-refractivity contribution in [2.75, 3.05) is 13.7 Å². The molecule has 20 heavy (non-hydrogen) atoms. The third-order valence-electron chi connectivity index (χ3n) is 3.13. The number of ether oxygens (including phenoxy) is 1. The Kier molecular flexibility index (Phi) is 5.70. The van der Waals surface area contributed by atoms with Crippen molar-refractivity contribution in [2.45, 2.75) is 33.2 Å². The summed E-state index contributed by atoms with van der Waals surface area (Å²) < 4.78 is 5.48. The fourth-order valence-electron chi connectivity index (χ4n) is 2.05. The van der Waals surface area contributed by atoms with Crippen LogP contribution in [0, 0.1) is 13.8 Å². The van der Waals surface area contributed by atoms with Crippen LogP contribution < -0.4 is 10.1 Å². The molecule has 0 saturated carbocycles. The largest absolute Gasteiger partial charge is 0.494 e. The zero-order valence-corrected chi connectivity index (χ0v) is 12.3. The second-order valence-electron chi connectivity index (χ2n) is 4.67. The molecule has 1 rings (SSSR count). The summed E-state index contributed by atoms with van der Waals surface area (Å²) in [4.78, 5) is 23.2. The first-order valence-electron chi connectivity index (χ1n) is 6.58. The first-order chi connectivity index (χ1) is 9.40. The van der Waals surface area contributed by atoms with E-state index in [0.717, 1.165) is 16.9 Å². The number of carbonyl (C=O) groups excluding carboxylic acids is 1. The Bertz CT molecular complexity index is 511. The molecule has 0 aliphatic rings. The number of likely N-dealkylation sites (N-methyl/N-ethyl adjacent to an activating group) is 1. The van der Waals surface area contributed by atoms with Crippen LogP contribution in [0.5, 0.6) is 5.75 Å². The predicted octanol–water partition coefficient (Wildman–Crippen LogP) is 1.95. The van der Waals surface area contributed by atoms with Crippen LogP contribution >= 0.6 is 0 Å². The third-order valence-corrected chi connectivity index (χ3v) is 3.13. The molecule has 0 amide bonds. The van der Waals surface area contributed by atoms with E-state index in [2.05, 4.69) is 5.32 Å². The zero-order chi connectivity index (χ0) is 15.3. The van der Waals surface area contributed by atoms with Gasteiger partial charge in [-0.15, -0.1) is 0 Å². The predicted molar refractivity (Wildman–Crippen MR) is 76.5 cm³/mol. The van der Waals surface area contributed by atoms with Gasteiger partial charge in [-0.2, -0.15) is 0 Å². The van der Waals surface area contributed by atoms with Gasteiger partial charge in [0.2, 0.25) is 0 Å². The Hall–Kier alpha value is -1.88. The van der Waals surface area contributed by atoms with Gasteiger partial charge < -0.3 is 15.2 Å². The van der Waals surface area contributed by atoms with Gasteiger partial charge in [-0.3, -0.25) is 9.59 Å². The number of aliphatic carboxylic acids is 1. The van der Waals surface area contributed by atoms with Crippen molar-refractivity contribution < 1.29 is 19.4 Å². The molecule has 2 N–H and O–H groups in total. The lowest BCUT2D eigenvalue weighted by molar-refractivity contribution is -0.137. The van der Waals surface area contributed by atoms with Crippen molar-refractivity contribution in [3.63, 3.8) is 0 Å². The molecule has 1 aromatic carbocycles. The lowest BCUT2D eigenvalue weighted by Gasteiger charge is -2.16. The monoisotopic (exact) mass is 279 g/mol. The maximum Gasteiger partial charge on any atom is 0.305 e. The molecule has 1 atom stereocenters. The summed E-state index contributed by atoms with van der Waals surface area (Å²) in [5, 5.41) is 11.6. The van der Waals surface area contributed by atoms with Gasteiger partial charge in [0.25, 0.3) is 0 Å². The normalized spacial score (nSPS) is 12.0. The van der Waals surface area contributed by atoms with Crippen molar-refractivity contribution in [3.8, 4) is 5.75 Å². The highest BCUT2D eigenvalue weighted by Gasteiger charge is 2.23. The fraction of sp³-hybridized carbons (Fsp3) is 0.467. The number of rotatable bonds is 7. The standard InChI is InChI=1S/C15H21NO4/c1-5-20-13-7-9(2)11(6-10(13)3)15(19)12(16-4)8-14(17)18/h6-7,12,16H,5,8H2,1-4H3,(H,17,18). The number of benzene rings is 1. The summed E-state index contributed by atoms with van der Waals surface area (Å²) in [6.45, 7) is 6.15. The number of carboxylic acids is 1. The molecule has 110 valence electrons. The van der Waals surface area contributed by atoms with E-state index in [-0.39, 0.29) is 12.2 Å². The van der Waals surface area contributed by atoms with E-state index in [1.807, 2.05) is 26.8 Å². The minimum atomic E-state index is -1.00. The SMILES string of the molecule is CCOc1cc(C)c(C(=O)C(CC(=O)O)NC)cc1C. The van der Waals surface area contributed by atoms with Crippen LogP contribution in [0.25, 0.3) is 0 Å². The Morgan fingerprint density at radius 2 is 1.95 bits per heavy atom. The van der Waals surface area contributed by atoms with Crippen molar-refractivity contribution >= 4 is 11.8 Å². The second-order valence-corrected chi connectivity index (χ2v) is 4.67. The van der Waals surface area contributed by atoms with Crippen LogP contribution in [0.4, 0.5) is 0 Å². The first kappa shape index (κ1) is 16.2. The van der Waals surface area contributed by atoms with Gasteiger partial charge in [-0.1, -0.05) is 0 Å². The minimum absolute atomic E-state index is 0.210. The van der Waals surface area contributed by atoms with E-state index in [1.54, 1.807) is 13.1 Å². The van der Waals surface area contributed by atoms with E-state index in [9.17, 15) is 9.59 Å². The lowest BCUT2D eigenvalue weighted by atomic mass is 9.95. The molecule has 0 aliphatic heterocycles. The van der Waals surface area contributed by atoms with Gasteiger partial charge in [0, 0.05) is 5.56 Å². The number of Topliss-reactive ketones (excluding diaryl/α,β-unsaturated/α-hetero) is 1. The number of hydrogen-bond donors (Lipinski definition) is 2. The van der Waals surface area contributed by atoms with E-state index in [0.29, 0.717) is 12.2 Å². The van der Waals surface area contributed by atoms with Crippen molar-refractivity contribution in [3.05, 3.63) is 28.8 Å². The van der Waals surface area contributed by atoms with Crippen LogP contribution in [0.1, 0.15) is 34.8 Å². The summed E-state index contributed by atoms with van der Waals surface area (Å²) in [5.74, 6) is -0.461. The molecule has 5 nitrogen and oxygen atoms in total. The molecule has 1 aromatic rings. The molecule has 0 radical (unpaired) electrons. The molecule has 0 aromatic heterocycles. The van der Waals surface area contributed by atoms with Gasteiger partial charge in [0.05, 0.1) is 19.1 Å². The van der Waals surface area contributed by atoms with Gasteiger partial charge in [0.15, 0.2) is 5.78 Å². The molecule has 1 unspecified atom stereocenters. The average Bonchev–Trinajstić information content (AvgIpc) is 2.39. The third kappa shape index (κ3) is 3.81. The highest BCUT2D eigenvalue weighted by atomic mass is 16.5. The average molecular weight is 279 g/mol. The molecule has 5 heteroatoms. The van der Waals surface area contributed by atoms with Crippen molar-refractivity contribution in [2.24, 2.45) is 0 Å². The number of carbonyl (C=O) groups is 2. The number of ketones is 1. The van der Waals surface area contributed by atoms with Crippen LogP contribution in [-0.2, 0) is 4.79 Å². The summed E-state index contributed by atoms with van der Waals surface area (Å²) >= 11 is 0. The van der Waals surface area contributed by atoms with Crippen molar-refractivity contribution in [1.82, 2.24) is 5.32 Å². The molecule has 0 aliphatic carbocycles. The van der Waals surface area contributed by atoms with Gasteiger partial charge in [-0.25, -0.2) is 0 Å². The van der Waals surface area contributed by atoms with E-state index < -0.39 is 12.0 Å². The molecule has 0 saturated heterocycles. The van der Waals surface area contributed by atoms with Gasteiger partial charge in [-0.05, 0) is 51.1 Å². The molecular formula is C15H21NO4. The number of hydrogen-bond acceptors (Lipinski definition) is 4. The Morgan fingerprint density at radius 3 is 2.45 bits per heavy atom. The van der Waals surface area contributed by atoms with Gasteiger partial charge >= 0.3 is 5.97 Å². The molecule has 0 bridgehead atoms. The maximum absolute atomic E-state index is 12.4. The lowest BCUT2D eigenvalue weighted by Crippen LogP contribution is -2.36. The summed E-state index contributed by atoms with van der Waals surface area (Å²) in [5.41, 5.74) is 2.19. The first-order valence-corrected chi connectivity index (χ1v) is 6.58. The van der Waals surface area contributed by atoms with Crippen LogP contribution in [0.2, 0.25) is 0 Å². The van der Waals surface area contributed by atoms with Crippen LogP contribution in [0.3, 0.4) is 0 Å². The van der Waals surface area contributed by atoms with Crippen molar-refractivity contribution in [1.29, 1.82) is 0 Å². The smallest absolute Gasteiger partial charge is 0.305 e. The second kappa shape index (κ2) is 7.05. The van der Waals surface area contributed by atoms with Crippen LogP contribution in [0.15, 0.2) is 12.1 Å². The molecule has 0 fully saturated rings. The van der Waals surface area contributed by atoms with Gasteiger partial charge in [0.1, 0.15) is 5.75 Å². The minimum Gasteiger partial charge on any atom is -0.494 e. The van der Waals surface area contributed by atoms with E-state index in [1.165, 1.54) is 0 Å². The Balaban J connectivity index is 3.09. The number of nitrogens with one attached hydrogen (secondary N) is 1. The fourth-order valence-corrected chi connectivity index (χ4v) is 2.05. The quantitative estimate of drug-likeness (QED) is 0.746. The highest BCUT2D eigenvalue weighted by Crippen LogP contribution is 2.24. The zero-order valence-electron chi connectivity index (χ0n) is 12.3. The highest BCUT2D eigenvalue weighted by molar-refractivity contribution is 6.03. The summed E-state index contributed by atoms with van der Waals surface area (Å²) in [6, 6.07) is 2.86.